The van der Waals surface area contributed by atoms with Crippen LogP contribution in [-0.2, 0) is 14.3 Å². The van der Waals surface area contributed by atoms with E-state index in [1.807, 2.05) is 54.6 Å². The van der Waals surface area contributed by atoms with Crippen molar-refractivity contribution in [2.75, 3.05) is 14.2 Å². The molecule has 0 spiro atoms. The van der Waals surface area contributed by atoms with E-state index in [1.54, 1.807) is 7.11 Å². The molecule has 3 nitrogen and oxygen atoms in total. The van der Waals surface area contributed by atoms with Gasteiger partial charge in [0.15, 0.2) is 7.26 Å². The molecule has 0 heterocycles. The number of benzene rings is 3. The molecule has 0 aliphatic carbocycles. The second-order valence-electron chi connectivity index (χ2n) is 5.84. The number of ether oxygens (including phenoxy) is 2. The van der Waals surface area contributed by atoms with Crippen molar-refractivity contribution in [3.8, 4) is 0 Å². The minimum atomic E-state index is -2.43. The molecule has 1 atom stereocenters. The average molecular weight is 401 g/mol. The molecule has 5 heteroatoms. The standard InChI is InChI=1S/C22H22O3P.ClH/c1-24-21(23)22(25-2)26(18-12-6-3-7-13-18,19-14-8-4-9-15-19)20-16-10-5-11-17-20;/h3-17,22H,1-2H3;1H/q+1;/p-1. The monoisotopic (exact) mass is 400 g/mol. The quantitative estimate of drug-likeness (QED) is 0.436. The summed E-state index contributed by atoms with van der Waals surface area (Å²) in [5, 5.41) is 3.24. The normalized spacial score (nSPS) is 11.9. The van der Waals surface area contributed by atoms with Gasteiger partial charge in [0, 0.05) is 7.11 Å². The van der Waals surface area contributed by atoms with Crippen molar-refractivity contribution in [3.05, 3.63) is 91.0 Å². The fourth-order valence-electron chi connectivity index (χ4n) is 3.36. The molecule has 0 bridgehead atoms. The summed E-state index contributed by atoms with van der Waals surface area (Å²) in [4.78, 5) is 12.8. The lowest BCUT2D eigenvalue weighted by molar-refractivity contribution is -0.147. The molecule has 3 rings (SSSR count). The molecule has 0 aliphatic rings. The lowest BCUT2D eigenvalue weighted by Crippen LogP contribution is -3.00. The molecule has 0 radical (unpaired) electrons. The Kier molecular flexibility index (Phi) is 7.55. The summed E-state index contributed by atoms with van der Waals surface area (Å²) in [7, 11) is 0.549. The highest BCUT2D eigenvalue weighted by Crippen LogP contribution is 2.60. The van der Waals surface area contributed by atoms with Gasteiger partial charge >= 0.3 is 5.97 Å². The fraction of sp³-hybridized carbons (Fsp3) is 0.136. The van der Waals surface area contributed by atoms with E-state index < -0.39 is 13.1 Å². The van der Waals surface area contributed by atoms with Crippen LogP contribution in [0.25, 0.3) is 0 Å². The Morgan fingerprint density at radius 2 is 1.04 bits per heavy atom. The van der Waals surface area contributed by atoms with Crippen LogP contribution in [0.5, 0.6) is 0 Å². The first-order chi connectivity index (χ1) is 12.7. The minimum absolute atomic E-state index is 0. The Balaban J connectivity index is 0.00000261. The molecule has 0 aromatic heterocycles. The largest absolute Gasteiger partial charge is 1.00 e. The molecule has 0 amide bonds. The van der Waals surface area contributed by atoms with Crippen LogP contribution in [0.1, 0.15) is 0 Å². The Morgan fingerprint density at radius 1 is 0.704 bits per heavy atom. The Hall–Kier alpha value is -2.19. The number of carbonyl (C=O) groups is 1. The predicted molar refractivity (Wildman–Crippen MR) is 108 cm³/mol. The van der Waals surface area contributed by atoms with Crippen molar-refractivity contribution in [2.45, 2.75) is 5.85 Å². The third-order valence-corrected chi connectivity index (χ3v) is 8.93. The lowest BCUT2D eigenvalue weighted by Gasteiger charge is -2.31. The first-order valence-corrected chi connectivity index (χ1v) is 10.3. The maximum absolute atomic E-state index is 12.8. The summed E-state index contributed by atoms with van der Waals surface area (Å²) in [6.07, 6.45) is 0. The fourth-order valence-corrected chi connectivity index (χ4v) is 7.73. The van der Waals surface area contributed by atoms with Gasteiger partial charge in [-0.3, -0.25) is 0 Å². The van der Waals surface area contributed by atoms with Gasteiger partial charge in [-0.05, 0) is 36.4 Å². The number of esters is 1. The Bertz CT molecular complexity index is 745. The lowest BCUT2D eigenvalue weighted by atomic mass is 10.4. The summed E-state index contributed by atoms with van der Waals surface area (Å²) in [5.74, 6) is -1.09. The van der Waals surface area contributed by atoms with Crippen LogP contribution in [0.15, 0.2) is 91.0 Å². The Labute approximate surface area is 167 Å². The highest BCUT2D eigenvalue weighted by Gasteiger charge is 2.57. The van der Waals surface area contributed by atoms with E-state index in [1.165, 1.54) is 7.11 Å². The molecule has 3 aromatic carbocycles. The zero-order valence-electron chi connectivity index (χ0n) is 15.3. The third kappa shape index (κ3) is 3.91. The molecule has 0 saturated heterocycles. The van der Waals surface area contributed by atoms with Crippen LogP contribution in [0.3, 0.4) is 0 Å². The maximum atomic E-state index is 12.8. The van der Waals surface area contributed by atoms with Crippen molar-refractivity contribution in [1.82, 2.24) is 0 Å². The summed E-state index contributed by atoms with van der Waals surface area (Å²) < 4.78 is 10.9. The molecule has 140 valence electrons. The van der Waals surface area contributed by atoms with Gasteiger partial charge in [0.2, 0.25) is 0 Å². The van der Waals surface area contributed by atoms with E-state index in [0.717, 1.165) is 15.9 Å². The van der Waals surface area contributed by atoms with E-state index in [4.69, 9.17) is 9.47 Å². The van der Waals surface area contributed by atoms with Gasteiger partial charge in [-0.2, -0.15) is 0 Å². The van der Waals surface area contributed by atoms with Crippen molar-refractivity contribution in [1.29, 1.82) is 0 Å². The van der Waals surface area contributed by atoms with Gasteiger partial charge in [-0.25, -0.2) is 4.79 Å². The van der Waals surface area contributed by atoms with Gasteiger partial charge in [0.25, 0.3) is 5.85 Å². The second kappa shape index (κ2) is 9.66. The molecular formula is C22H22ClO3P. The van der Waals surface area contributed by atoms with Crippen LogP contribution in [-0.4, -0.2) is 26.0 Å². The number of hydrogen-bond donors (Lipinski definition) is 0. The summed E-state index contributed by atoms with van der Waals surface area (Å²) in [5.41, 5.74) is 0. The van der Waals surface area contributed by atoms with Crippen LogP contribution in [0.2, 0.25) is 0 Å². The molecular weight excluding hydrogens is 379 g/mol. The van der Waals surface area contributed by atoms with Crippen molar-refractivity contribution >= 4 is 29.1 Å². The van der Waals surface area contributed by atoms with Gasteiger partial charge in [-0.1, -0.05) is 54.6 Å². The molecule has 1 unspecified atom stereocenters. The van der Waals surface area contributed by atoms with Crippen molar-refractivity contribution in [3.63, 3.8) is 0 Å². The third-order valence-electron chi connectivity index (χ3n) is 4.47. The number of rotatable bonds is 6. The maximum Gasteiger partial charge on any atom is 0.376 e. The predicted octanol–water partition coefficient (Wildman–Crippen LogP) is 0.130. The van der Waals surface area contributed by atoms with Gasteiger partial charge < -0.3 is 21.9 Å². The summed E-state index contributed by atoms with van der Waals surface area (Å²) in [6, 6.07) is 30.4. The molecule has 0 N–H and O–H groups in total. The highest BCUT2D eigenvalue weighted by atomic mass is 35.5. The SMILES string of the molecule is COC(=O)C(OC)[P+](c1ccccc1)(c1ccccc1)c1ccccc1.[Cl-]. The van der Waals surface area contributed by atoms with E-state index in [0.29, 0.717) is 0 Å². The van der Waals surface area contributed by atoms with Gasteiger partial charge in [0.05, 0.1) is 7.11 Å². The second-order valence-corrected chi connectivity index (χ2v) is 9.30. The summed E-state index contributed by atoms with van der Waals surface area (Å²) in [6.45, 7) is 0. The zero-order valence-corrected chi connectivity index (χ0v) is 16.9. The smallest absolute Gasteiger partial charge is 0.376 e. The highest BCUT2D eigenvalue weighted by molar-refractivity contribution is 7.96. The summed E-state index contributed by atoms with van der Waals surface area (Å²) >= 11 is 0. The van der Waals surface area contributed by atoms with E-state index in [2.05, 4.69) is 36.4 Å². The number of methoxy groups -OCH3 is 2. The average Bonchev–Trinajstić information content (AvgIpc) is 2.73. The van der Waals surface area contributed by atoms with Crippen molar-refractivity contribution in [2.24, 2.45) is 0 Å². The first-order valence-electron chi connectivity index (χ1n) is 8.41. The van der Waals surface area contributed by atoms with E-state index >= 15 is 0 Å². The molecule has 0 fully saturated rings. The molecule has 27 heavy (non-hydrogen) atoms. The molecule has 0 aliphatic heterocycles. The van der Waals surface area contributed by atoms with Crippen LogP contribution in [0.4, 0.5) is 0 Å². The topological polar surface area (TPSA) is 35.5 Å². The van der Waals surface area contributed by atoms with E-state index in [-0.39, 0.29) is 18.4 Å². The first kappa shape index (κ1) is 21.1. The minimum Gasteiger partial charge on any atom is -1.00 e. The van der Waals surface area contributed by atoms with Crippen LogP contribution in [0, 0.1) is 0 Å². The molecule has 0 saturated carbocycles. The van der Waals surface area contributed by atoms with Crippen LogP contribution >= 0.6 is 7.26 Å². The number of carbonyl (C=O) groups excluding carboxylic acids is 1. The van der Waals surface area contributed by atoms with Gasteiger partial charge in [0.1, 0.15) is 15.9 Å². The van der Waals surface area contributed by atoms with Crippen LogP contribution < -0.4 is 28.3 Å². The van der Waals surface area contributed by atoms with E-state index in [9.17, 15) is 4.79 Å². The van der Waals surface area contributed by atoms with Gasteiger partial charge in [-0.15, -0.1) is 0 Å². The zero-order chi connectivity index (χ0) is 18.4. The molecule has 3 aromatic rings. The number of hydrogen-bond acceptors (Lipinski definition) is 3. The Morgan fingerprint density at radius 3 is 1.30 bits per heavy atom. The number of halogens is 1. The van der Waals surface area contributed by atoms with Crippen molar-refractivity contribution < 1.29 is 26.7 Å².